The van der Waals surface area contributed by atoms with Gasteiger partial charge in [0.25, 0.3) is 5.91 Å². The average Bonchev–Trinajstić information content (AvgIpc) is 3.38. The van der Waals surface area contributed by atoms with Crippen LogP contribution in [0.2, 0.25) is 0 Å². The van der Waals surface area contributed by atoms with E-state index in [1.807, 2.05) is 53.0 Å². The molecule has 1 aliphatic carbocycles. The first kappa shape index (κ1) is 23.7. The van der Waals surface area contributed by atoms with Gasteiger partial charge < -0.3 is 24.0 Å². The van der Waals surface area contributed by atoms with Gasteiger partial charge >= 0.3 is 12.1 Å². The lowest BCUT2D eigenvalue weighted by Crippen LogP contribution is -2.54. The summed E-state index contributed by atoms with van der Waals surface area (Å²) in [7, 11) is 1.90. The van der Waals surface area contributed by atoms with E-state index in [0.717, 1.165) is 24.2 Å². The standard InChI is InChI=1S/C19H23N3O3.C2HF3O2/c1-21-10-4-6-16(21)19(23)22-11-12-24-18-15(22)7-8-17(18)25-13-14-5-2-3-9-20-14;3-2(4,5)1(6)7/h2-6,9-10,15,17-18H,7-8,11-13H2,1H3;(H,6,7)/t15-,17+,18+;/m0./s1. The zero-order chi connectivity index (χ0) is 23.3. The van der Waals surface area contributed by atoms with Crippen LogP contribution in [0.25, 0.3) is 0 Å². The van der Waals surface area contributed by atoms with Gasteiger partial charge in [-0.25, -0.2) is 4.79 Å². The third-order valence-electron chi connectivity index (χ3n) is 5.37. The number of halogens is 3. The van der Waals surface area contributed by atoms with Crippen molar-refractivity contribution in [2.45, 2.75) is 43.9 Å². The van der Waals surface area contributed by atoms with Crippen molar-refractivity contribution in [3.8, 4) is 0 Å². The number of hydrogen-bond donors (Lipinski definition) is 1. The molecule has 174 valence electrons. The van der Waals surface area contributed by atoms with Crippen LogP contribution in [-0.4, -0.2) is 69.0 Å². The van der Waals surface area contributed by atoms with Gasteiger partial charge in [-0.05, 0) is 37.1 Å². The molecule has 0 unspecified atom stereocenters. The molecule has 1 aliphatic heterocycles. The van der Waals surface area contributed by atoms with E-state index in [-0.39, 0.29) is 24.2 Å². The number of carbonyl (C=O) groups excluding carboxylic acids is 1. The Morgan fingerprint density at radius 1 is 1.25 bits per heavy atom. The summed E-state index contributed by atoms with van der Waals surface area (Å²) in [6.07, 6.45) is 0.358. The zero-order valence-corrected chi connectivity index (χ0v) is 17.4. The van der Waals surface area contributed by atoms with Gasteiger partial charge in [0.1, 0.15) is 11.8 Å². The van der Waals surface area contributed by atoms with Crippen LogP contribution in [0.1, 0.15) is 29.0 Å². The highest BCUT2D eigenvalue weighted by Crippen LogP contribution is 2.33. The van der Waals surface area contributed by atoms with Crippen molar-refractivity contribution in [2.24, 2.45) is 7.05 Å². The highest BCUT2D eigenvalue weighted by atomic mass is 19.4. The largest absolute Gasteiger partial charge is 0.490 e. The Morgan fingerprint density at radius 3 is 2.59 bits per heavy atom. The Labute approximate surface area is 182 Å². The Hall–Kier alpha value is -2.92. The van der Waals surface area contributed by atoms with Crippen molar-refractivity contribution in [1.29, 1.82) is 0 Å². The second-order valence-corrected chi connectivity index (χ2v) is 7.46. The molecule has 2 aromatic rings. The van der Waals surface area contributed by atoms with Gasteiger partial charge in [0.05, 0.1) is 31.1 Å². The van der Waals surface area contributed by atoms with Crippen LogP contribution in [0.15, 0.2) is 42.7 Å². The smallest absolute Gasteiger partial charge is 0.475 e. The summed E-state index contributed by atoms with van der Waals surface area (Å²) >= 11 is 0. The van der Waals surface area contributed by atoms with Crippen LogP contribution >= 0.6 is 0 Å². The van der Waals surface area contributed by atoms with E-state index in [2.05, 4.69) is 4.98 Å². The lowest BCUT2D eigenvalue weighted by molar-refractivity contribution is -0.192. The number of carboxylic acids is 1. The van der Waals surface area contributed by atoms with Crippen molar-refractivity contribution in [3.05, 3.63) is 54.1 Å². The third kappa shape index (κ3) is 5.65. The lowest BCUT2D eigenvalue weighted by atomic mass is 10.1. The summed E-state index contributed by atoms with van der Waals surface area (Å²) < 4.78 is 45.7. The number of rotatable bonds is 4. The number of carboxylic acid groups (broad SMARTS) is 1. The number of aromatic nitrogens is 2. The Morgan fingerprint density at radius 2 is 2.00 bits per heavy atom. The number of aliphatic carboxylic acids is 1. The molecule has 11 heteroatoms. The third-order valence-corrected chi connectivity index (χ3v) is 5.37. The van der Waals surface area contributed by atoms with Crippen molar-refractivity contribution >= 4 is 11.9 Å². The minimum Gasteiger partial charge on any atom is -0.475 e. The average molecular weight is 455 g/mol. The fraction of sp³-hybridized carbons (Fsp3) is 0.476. The van der Waals surface area contributed by atoms with Crippen molar-refractivity contribution in [2.75, 3.05) is 13.2 Å². The predicted octanol–water partition coefficient (Wildman–Crippen LogP) is 2.64. The van der Waals surface area contributed by atoms with E-state index in [0.29, 0.717) is 19.8 Å². The van der Waals surface area contributed by atoms with Crippen LogP contribution < -0.4 is 0 Å². The number of pyridine rings is 1. The quantitative estimate of drug-likeness (QED) is 0.762. The molecule has 0 aromatic carbocycles. The molecule has 4 rings (SSSR count). The first-order chi connectivity index (χ1) is 15.2. The molecule has 1 saturated carbocycles. The van der Waals surface area contributed by atoms with E-state index in [1.165, 1.54) is 0 Å². The number of morpholine rings is 1. The van der Waals surface area contributed by atoms with Crippen molar-refractivity contribution < 1.29 is 37.3 Å². The summed E-state index contributed by atoms with van der Waals surface area (Å²) in [5.41, 5.74) is 1.64. The summed E-state index contributed by atoms with van der Waals surface area (Å²) in [5.74, 6) is -2.68. The molecule has 3 atom stereocenters. The van der Waals surface area contributed by atoms with E-state index in [4.69, 9.17) is 19.4 Å². The summed E-state index contributed by atoms with van der Waals surface area (Å²) in [6, 6.07) is 9.67. The molecule has 0 spiro atoms. The van der Waals surface area contributed by atoms with E-state index >= 15 is 0 Å². The number of nitrogens with zero attached hydrogens (tertiary/aromatic N) is 3. The highest BCUT2D eigenvalue weighted by molar-refractivity contribution is 5.93. The molecular formula is C21H24F3N3O5. The first-order valence-corrected chi connectivity index (χ1v) is 10.0. The topological polar surface area (TPSA) is 93.9 Å². The minimum absolute atomic E-state index is 0.0102. The second-order valence-electron chi connectivity index (χ2n) is 7.46. The fourth-order valence-corrected chi connectivity index (χ4v) is 3.85. The van der Waals surface area contributed by atoms with E-state index < -0.39 is 12.1 Å². The first-order valence-electron chi connectivity index (χ1n) is 10.0. The van der Waals surface area contributed by atoms with Crippen LogP contribution in [-0.2, 0) is 27.9 Å². The van der Waals surface area contributed by atoms with Gasteiger partial charge in [-0.15, -0.1) is 0 Å². The van der Waals surface area contributed by atoms with Crippen LogP contribution in [0.3, 0.4) is 0 Å². The van der Waals surface area contributed by atoms with Gasteiger partial charge in [-0.3, -0.25) is 9.78 Å². The van der Waals surface area contributed by atoms with E-state index in [9.17, 15) is 18.0 Å². The SMILES string of the molecule is Cn1cccc1C(=O)N1CCO[C@H]2[C@H](OCc3ccccn3)CC[C@@H]21.O=C(O)C(F)(F)F. The van der Waals surface area contributed by atoms with E-state index in [1.54, 1.807) is 6.20 Å². The number of aryl methyl sites for hydroxylation is 1. The number of amides is 1. The summed E-state index contributed by atoms with van der Waals surface area (Å²) in [5, 5.41) is 7.12. The monoisotopic (exact) mass is 455 g/mol. The molecule has 3 heterocycles. The van der Waals surface area contributed by atoms with Gasteiger partial charge in [-0.1, -0.05) is 6.07 Å². The molecule has 32 heavy (non-hydrogen) atoms. The number of fused-ring (bicyclic) bond motifs is 1. The predicted molar refractivity (Wildman–Crippen MR) is 106 cm³/mol. The molecule has 0 radical (unpaired) electrons. The Kier molecular flexibility index (Phi) is 7.52. The Bertz CT molecular complexity index is 919. The minimum atomic E-state index is -5.08. The van der Waals surface area contributed by atoms with Gasteiger partial charge in [-0.2, -0.15) is 13.2 Å². The maximum atomic E-state index is 12.9. The molecule has 1 amide bonds. The number of alkyl halides is 3. The lowest BCUT2D eigenvalue weighted by Gasteiger charge is -2.39. The van der Waals surface area contributed by atoms with Crippen LogP contribution in [0, 0.1) is 0 Å². The fourth-order valence-electron chi connectivity index (χ4n) is 3.85. The second kappa shape index (κ2) is 10.1. The van der Waals surface area contributed by atoms with Gasteiger partial charge in [0.2, 0.25) is 0 Å². The Balaban J connectivity index is 0.000000360. The molecular weight excluding hydrogens is 431 g/mol. The van der Waals surface area contributed by atoms with Crippen LogP contribution in [0.4, 0.5) is 13.2 Å². The highest BCUT2D eigenvalue weighted by Gasteiger charge is 2.45. The number of ether oxygens (including phenoxy) is 2. The molecule has 2 aliphatic rings. The molecule has 8 nitrogen and oxygen atoms in total. The van der Waals surface area contributed by atoms with Gasteiger partial charge in [0, 0.05) is 26.0 Å². The van der Waals surface area contributed by atoms with Crippen LogP contribution in [0.5, 0.6) is 0 Å². The number of hydrogen-bond acceptors (Lipinski definition) is 5. The van der Waals surface area contributed by atoms with Gasteiger partial charge in [0.15, 0.2) is 0 Å². The maximum Gasteiger partial charge on any atom is 0.490 e. The molecule has 1 saturated heterocycles. The number of carbonyl (C=O) groups is 2. The molecule has 2 fully saturated rings. The zero-order valence-electron chi connectivity index (χ0n) is 17.4. The normalized spacial score (nSPS) is 22.6. The summed E-state index contributed by atoms with van der Waals surface area (Å²) in [6.45, 7) is 1.67. The maximum absolute atomic E-state index is 12.9. The summed E-state index contributed by atoms with van der Waals surface area (Å²) in [4.78, 5) is 28.1. The molecule has 2 aromatic heterocycles. The van der Waals surface area contributed by atoms with Crippen molar-refractivity contribution in [3.63, 3.8) is 0 Å². The molecule has 1 N–H and O–H groups in total. The van der Waals surface area contributed by atoms with Crippen molar-refractivity contribution in [1.82, 2.24) is 14.5 Å². The molecule has 0 bridgehead atoms.